The minimum absolute atomic E-state index is 0.112. The van der Waals surface area contributed by atoms with Crippen molar-refractivity contribution in [2.24, 2.45) is 0 Å². The second-order valence-electron chi connectivity index (χ2n) is 4.24. The zero-order valence-corrected chi connectivity index (χ0v) is 10.1. The molecule has 2 rings (SSSR count). The lowest BCUT2D eigenvalue weighted by Crippen LogP contribution is -2.16. The quantitative estimate of drug-likeness (QED) is 0.645. The molecule has 1 fully saturated rings. The summed E-state index contributed by atoms with van der Waals surface area (Å²) in [7, 11) is 0. The molecule has 1 saturated carbocycles. The first-order valence-corrected chi connectivity index (χ1v) is 6.16. The lowest BCUT2D eigenvalue weighted by molar-refractivity contribution is -0.147. The number of carbonyl (C=O) groups excluding carboxylic acids is 1. The standard InChI is InChI=1S/C13H16O2S/c14-13(15-11-3-1-2-4-11)9-10-5-7-12(16)8-6-10/h5-8,11,16H,1-4,9H2. The van der Waals surface area contributed by atoms with E-state index >= 15 is 0 Å². The highest BCUT2D eigenvalue weighted by Gasteiger charge is 2.19. The maximum absolute atomic E-state index is 11.6. The number of carbonyl (C=O) groups is 1. The van der Waals surface area contributed by atoms with Crippen LogP contribution in [0.15, 0.2) is 29.2 Å². The van der Waals surface area contributed by atoms with Gasteiger partial charge in [0.05, 0.1) is 6.42 Å². The van der Waals surface area contributed by atoms with Crippen molar-refractivity contribution in [1.82, 2.24) is 0 Å². The van der Waals surface area contributed by atoms with Gasteiger partial charge >= 0.3 is 5.97 Å². The second kappa shape index (κ2) is 5.39. The Balaban J connectivity index is 1.84. The molecule has 0 amide bonds. The van der Waals surface area contributed by atoms with Crippen LogP contribution >= 0.6 is 12.6 Å². The summed E-state index contributed by atoms with van der Waals surface area (Å²) in [6.07, 6.45) is 4.96. The van der Waals surface area contributed by atoms with E-state index in [1.807, 2.05) is 24.3 Å². The van der Waals surface area contributed by atoms with Gasteiger partial charge in [-0.2, -0.15) is 0 Å². The summed E-state index contributed by atoms with van der Waals surface area (Å²) >= 11 is 4.20. The van der Waals surface area contributed by atoms with Crippen molar-refractivity contribution in [3.05, 3.63) is 29.8 Å². The summed E-state index contributed by atoms with van der Waals surface area (Å²) in [6, 6.07) is 7.61. The summed E-state index contributed by atoms with van der Waals surface area (Å²) in [5.41, 5.74) is 0.987. The molecule has 0 N–H and O–H groups in total. The van der Waals surface area contributed by atoms with Crippen LogP contribution in [-0.2, 0) is 16.0 Å². The average molecular weight is 236 g/mol. The lowest BCUT2D eigenvalue weighted by Gasteiger charge is -2.11. The van der Waals surface area contributed by atoms with Gasteiger partial charge < -0.3 is 4.74 Å². The predicted molar refractivity (Wildman–Crippen MR) is 65.7 cm³/mol. The topological polar surface area (TPSA) is 26.3 Å². The van der Waals surface area contributed by atoms with E-state index in [0.29, 0.717) is 6.42 Å². The molecule has 0 aliphatic heterocycles. The second-order valence-corrected chi connectivity index (χ2v) is 4.76. The van der Waals surface area contributed by atoms with Crippen molar-refractivity contribution in [2.45, 2.75) is 43.1 Å². The molecule has 86 valence electrons. The number of rotatable bonds is 3. The van der Waals surface area contributed by atoms with Crippen molar-refractivity contribution >= 4 is 18.6 Å². The molecule has 0 atom stereocenters. The Hall–Kier alpha value is -0.960. The normalized spacial score (nSPS) is 16.3. The minimum Gasteiger partial charge on any atom is -0.462 e. The molecule has 0 heterocycles. The first kappa shape index (κ1) is 11.5. The number of benzene rings is 1. The fourth-order valence-electron chi connectivity index (χ4n) is 2.01. The van der Waals surface area contributed by atoms with Gasteiger partial charge in [-0.15, -0.1) is 12.6 Å². The number of hydrogen-bond donors (Lipinski definition) is 1. The lowest BCUT2D eigenvalue weighted by atomic mass is 10.1. The maximum Gasteiger partial charge on any atom is 0.310 e. The van der Waals surface area contributed by atoms with Crippen LogP contribution in [0.2, 0.25) is 0 Å². The highest BCUT2D eigenvalue weighted by Crippen LogP contribution is 2.21. The van der Waals surface area contributed by atoms with Crippen LogP contribution in [0.25, 0.3) is 0 Å². The van der Waals surface area contributed by atoms with Gasteiger partial charge in [0.15, 0.2) is 0 Å². The molecule has 0 unspecified atom stereocenters. The Morgan fingerprint density at radius 2 is 1.88 bits per heavy atom. The van der Waals surface area contributed by atoms with E-state index in [1.54, 1.807) is 0 Å². The van der Waals surface area contributed by atoms with Crippen molar-refractivity contribution in [3.63, 3.8) is 0 Å². The van der Waals surface area contributed by atoms with Crippen LogP contribution in [-0.4, -0.2) is 12.1 Å². The third-order valence-electron chi connectivity index (χ3n) is 2.89. The molecule has 0 aromatic heterocycles. The van der Waals surface area contributed by atoms with Gasteiger partial charge in [-0.05, 0) is 43.4 Å². The highest BCUT2D eigenvalue weighted by molar-refractivity contribution is 7.80. The first-order chi connectivity index (χ1) is 7.74. The van der Waals surface area contributed by atoms with Crippen LogP contribution in [0, 0.1) is 0 Å². The number of ether oxygens (including phenoxy) is 1. The molecule has 3 heteroatoms. The van der Waals surface area contributed by atoms with E-state index < -0.39 is 0 Å². The van der Waals surface area contributed by atoms with Crippen molar-refractivity contribution in [2.75, 3.05) is 0 Å². The molecular formula is C13H16O2S. The van der Waals surface area contributed by atoms with Crippen molar-refractivity contribution < 1.29 is 9.53 Å². The smallest absolute Gasteiger partial charge is 0.310 e. The fourth-order valence-corrected chi connectivity index (χ4v) is 2.16. The highest BCUT2D eigenvalue weighted by atomic mass is 32.1. The Bertz CT molecular complexity index is 353. The Morgan fingerprint density at radius 1 is 1.25 bits per heavy atom. The van der Waals surface area contributed by atoms with E-state index in [2.05, 4.69) is 12.6 Å². The van der Waals surface area contributed by atoms with Gasteiger partial charge in [0, 0.05) is 4.90 Å². The molecular weight excluding hydrogens is 220 g/mol. The van der Waals surface area contributed by atoms with E-state index in [4.69, 9.17) is 4.74 Å². The number of thiol groups is 1. The van der Waals surface area contributed by atoms with Gasteiger partial charge in [-0.3, -0.25) is 4.79 Å². The van der Waals surface area contributed by atoms with Gasteiger partial charge in [0.2, 0.25) is 0 Å². The summed E-state index contributed by atoms with van der Waals surface area (Å²) in [5, 5.41) is 0. The van der Waals surface area contributed by atoms with Gasteiger partial charge in [0.25, 0.3) is 0 Å². The van der Waals surface area contributed by atoms with Gasteiger partial charge in [-0.1, -0.05) is 12.1 Å². The molecule has 1 aliphatic rings. The van der Waals surface area contributed by atoms with Gasteiger partial charge in [0.1, 0.15) is 6.10 Å². The monoisotopic (exact) mass is 236 g/mol. The first-order valence-electron chi connectivity index (χ1n) is 5.71. The largest absolute Gasteiger partial charge is 0.462 e. The van der Waals surface area contributed by atoms with E-state index in [9.17, 15) is 4.79 Å². The SMILES string of the molecule is O=C(Cc1ccc(S)cc1)OC1CCCC1. The van der Waals surface area contributed by atoms with Crippen molar-refractivity contribution in [1.29, 1.82) is 0 Å². The Morgan fingerprint density at radius 3 is 2.50 bits per heavy atom. The maximum atomic E-state index is 11.6. The Kier molecular flexibility index (Phi) is 3.88. The van der Waals surface area contributed by atoms with Crippen LogP contribution in [0.4, 0.5) is 0 Å². The summed E-state index contributed by atoms with van der Waals surface area (Å²) in [6.45, 7) is 0. The summed E-state index contributed by atoms with van der Waals surface area (Å²) in [4.78, 5) is 12.5. The van der Waals surface area contributed by atoms with Crippen LogP contribution in [0.1, 0.15) is 31.2 Å². The molecule has 0 bridgehead atoms. The number of esters is 1. The third kappa shape index (κ3) is 3.27. The molecule has 0 radical (unpaired) electrons. The zero-order chi connectivity index (χ0) is 11.4. The van der Waals surface area contributed by atoms with E-state index in [0.717, 1.165) is 23.3 Å². The van der Waals surface area contributed by atoms with Crippen LogP contribution in [0.5, 0.6) is 0 Å². The average Bonchev–Trinajstić information content (AvgIpc) is 2.74. The summed E-state index contributed by atoms with van der Waals surface area (Å²) in [5.74, 6) is -0.112. The van der Waals surface area contributed by atoms with E-state index in [1.165, 1.54) is 12.8 Å². The zero-order valence-electron chi connectivity index (χ0n) is 9.19. The fraction of sp³-hybridized carbons (Fsp3) is 0.462. The van der Waals surface area contributed by atoms with Crippen LogP contribution < -0.4 is 0 Å². The predicted octanol–water partition coefficient (Wildman–Crippen LogP) is 3.00. The molecule has 0 saturated heterocycles. The molecule has 1 aliphatic carbocycles. The van der Waals surface area contributed by atoms with Crippen LogP contribution in [0.3, 0.4) is 0 Å². The molecule has 2 nitrogen and oxygen atoms in total. The molecule has 1 aromatic carbocycles. The molecule has 1 aromatic rings. The summed E-state index contributed by atoms with van der Waals surface area (Å²) < 4.78 is 5.39. The molecule has 0 spiro atoms. The Labute approximate surface area is 101 Å². The minimum atomic E-state index is -0.112. The van der Waals surface area contributed by atoms with Gasteiger partial charge in [-0.25, -0.2) is 0 Å². The molecule has 16 heavy (non-hydrogen) atoms. The third-order valence-corrected chi connectivity index (χ3v) is 3.18. The number of hydrogen-bond acceptors (Lipinski definition) is 3. The van der Waals surface area contributed by atoms with Crippen molar-refractivity contribution in [3.8, 4) is 0 Å². The van der Waals surface area contributed by atoms with E-state index in [-0.39, 0.29) is 12.1 Å².